The molecule has 0 fully saturated rings. The monoisotopic (exact) mass is 232 g/mol. The quantitative estimate of drug-likeness (QED) is 0.750. The highest BCUT2D eigenvalue weighted by Crippen LogP contribution is 2.25. The van der Waals surface area contributed by atoms with Crippen LogP contribution in [0.25, 0.3) is 0 Å². The first-order chi connectivity index (χ1) is 8.28. The molecule has 1 heterocycles. The van der Waals surface area contributed by atoms with Gasteiger partial charge in [-0.2, -0.15) is 0 Å². The lowest BCUT2D eigenvalue weighted by atomic mass is 9.88. The summed E-state index contributed by atoms with van der Waals surface area (Å²) in [5.41, 5.74) is 2.34. The molecule has 0 saturated carbocycles. The standard InChI is InChI=1S/C14H20N2O/c1-3-11(4-2)14-15-8-12-7-10(9-17)5-6-13(12)16-14/h8-11H,3-7H2,1-2H3. The molecule has 0 spiro atoms. The largest absolute Gasteiger partial charge is 0.303 e. The zero-order valence-electron chi connectivity index (χ0n) is 10.6. The Labute approximate surface area is 103 Å². The van der Waals surface area contributed by atoms with Crippen LogP contribution in [0.1, 0.15) is 56.1 Å². The first kappa shape index (κ1) is 12.2. The van der Waals surface area contributed by atoms with E-state index < -0.39 is 0 Å². The van der Waals surface area contributed by atoms with E-state index in [1.807, 2.05) is 6.20 Å². The average molecular weight is 232 g/mol. The molecule has 1 aromatic rings. The smallest absolute Gasteiger partial charge is 0.131 e. The van der Waals surface area contributed by atoms with Crippen molar-refractivity contribution in [1.29, 1.82) is 0 Å². The number of aromatic nitrogens is 2. The predicted molar refractivity (Wildman–Crippen MR) is 66.9 cm³/mol. The van der Waals surface area contributed by atoms with Gasteiger partial charge in [-0.3, -0.25) is 0 Å². The van der Waals surface area contributed by atoms with Crippen molar-refractivity contribution in [2.24, 2.45) is 5.92 Å². The van der Waals surface area contributed by atoms with Crippen LogP contribution in [0.5, 0.6) is 0 Å². The van der Waals surface area contributed by atoms with Crippen LogP contribution in [0.2, 0.25) is 0 Å². The van der Waals surface area contributed by atoms with Crippen LogP contribution < -0.4 is 0 Å². The second-order valence-electron chi connectivity index (χ2n) is 4.85. The topological polar surface area (TPSA) is 42.9 Å². The Kier molecular flexibility index (Phi) is 3.87. The maximum atomic E-state index is 10.8. The summed E-state index contributed by atoms with van der Waals surface area (Å²) in [5.74, 6) is 1.63. The molecule has 1 atom stereocenters. The molecule has 1 aromatic heterocycles. The second-order valence-corrected chi connectivity index (χ2v) is 4.85. The molecule has 17 heavy (non-hydrogen) atoms. The Morgan fingerprint density at radius 1 is 1.47 bits per heavy atom. The van der Waals surface area contributed by atoms with Gasteiger partial charge in [0.15, 0.2) is 0 Å². The van der Waals surface area contributed by atoms with Crippen molar-refractivity contribution in [1.82, 2.24) is 9.97 Å². The minimum absolute atomic E-state index is 0.171. The molecule has 1 aliphatic carbocycles. The summed E-state index contributed by atoms with van der Waals surface area (Å²) in [6.07, 6.45) is 7.87. The Bertz CT molecular complexity index is 399. The van der Waals surface area contributed by atoms with Gasteiger partial charge in [-0.05, 0) is 37.7 Å². The molecule has 2 rings (SSSR count). The molecule has 1 unspecified atom stereocenters. The first-order valence-corrected chi connectivity index (χ1v) is 6.58. The summed E-state index contributed by atoms with van der Waals surface area (Å²) in [6, 6.07) is 0. The molecule has 3 heteroatoms. The van der Waals surface area contributed by atoms with Crippen LogP contribution in [0.3, 0.4) is 0 Å². The molecule has 0 radical (unpaired) electrons. The molecule has 0 amide bonds. The van der Waals surface area contributed by atoms with Gasteiger partial charge < -0.3 is 4.79 Å². The van der Waals surface area contributed by atoms with Crippen molar-refractivity contribution in [3.63, 3.8) is 0 Å². The van der Waals surface area contributed by atoms with Gasteiger partial charge in [0.2, 0.25) is 0 Å². The lowest BCUT2D eigenvalue weighted by Crippen LogP contribution is -2.18. The van der Waals surface area contributed by atoms with Gasteiger partial charge in [-0.25, -0.2) is 9.97 Å². The fraction of sp³-hybridized carbons (Fsp3) is 0.643. The molecular formula is C14H20N2O. The van der Waals surface area contributed by atoms with Gasteiger partial charge in [0.1, 0.15) is 12.1 Å². The molecule has 0 saturated heterocycles. The molecule has 0 aromatic carbocycles. The third-order valence-electron chi connectivity index (χ3n) is 3.75. The summed E-state index contributed by atoms with van der Waals surface area (Å²) >= 11 is 0. The Balaban J connectivity index is 2.23. The summed E-state index contributed by atoms with van der Waals surface area (Å²) in [4.78, 5) is 20.0. The minimum Gasteiger partial charge on any atom is -0.303 e. The maximum Gasteiger partial charge on any atom is 0.131 e. The van der Waals surface area contributed by atoms with E-state index in [0.29, 0.717) is 5.92 Å². The predicted octanol–water partition coefficient (Wildman–Crippen LogP) is 2.68. The molecule has 92 valence electrons. The molecule has 0 N–H and O–H groups in total. The summed E-state index contributed by atoms with van der Waals surface area (Å²) in [5, 5.41) is 0. The van der Waals surface area contributed by atoms with Crippen molar-refractivity contribution in [2.75, 3.05) is 0 Å². The van der Waals surface area contributed by atoms with E-state index in [-0.39, 0.29) is 5.92 Å². The van der Waals surface area contributed by atoms with E-state index in [1.54, 1.807) is 0 Å². The van der Waals surface area contributed by atoms with Gasteiger partial charge in [0, 0.05) is 23.7 Å². The van der Waals surface area contributed by atoms with E-state index in [4.69, 9.17) is 4.98 Å². The van der Waals surface area contributed by atoms with Crippen LogP contribution in [0.15, 0.2) is 6.20 Å². The van der Waals surface area contributed by atoms with E-state index in [0.717, 1.165) is 44.2 Å². The molecule has 3 nitrogen and oxygen atoms in total. The van der Waals surface area contributed by atoms with Crippen molar-refractivity contribution in [2.45, 2.75) is 51.9 Å². The molecule has 0 bridgehead atoms. The number of aryl methyl sites for hydroxylation is 1. The number of fused-ring (bicyclic) bond motifs is 1. The van der Waals surface area contributed by atoms with Crippen LogP contribution in [0.4, 0.5) is 0 Å². The molecular weight excluding hydrogens is 212 g/mol. The Morgan fingerprint density at radius 3 is 2.88 bits per heavy atom. The van der Waals surface area contributed by atoms with E-state index in [2.05, 4.69) is 18.8 Å². The third kappa shape index (κ3) is 2.54. The molecule has 1 aliphatic rings. The van der Waals surface area contributed by atoms with Crippen molar-refractivity contribution in [3.8, 4) is 0 Å². The van der Waals surface area contributed by atoms with Gasteiger partial charge in [0.05, 0.1) is 0 Å². The highest BCUT2D eigenvalue weighted by atomic mass is 16.1. The van der Waals surface area contributed by atoms with E-state index in [9.17, 15) is 4.79 Å². The third-order valence-corrected chi connectivity index (χ3v) is 3.75. The normalized spacial score (nSPS) is 19.1. The summed E-state index contributed by atoms with van der Waals surface area (Å²) in [6.45, 7) is 4.36. The number of nitrogens with zero attached hydrogens (tertiary/aromatic N) is 2. The fourth-order valence-electron chi connectivity index (χ4n) is 2.52. The maximum absolute atomic E-state index is 10.8. The Hall–Kier alpha value is -1.25. The number of carbonyl (C=O) groups excluding carboxylic acids is 1. The van der Waals surface area contributed by atoms with Crippen molar-refractivity contribution < 1.29 is 4.79 Å². The fourth-order valence-corrected chi connectivity index (χ4v) is 2.52. The lowest BCUT2D eigenvalue weighted by Gasteiger charge is -2.21. The highest BCUT2D eigenvalue weighted by Gasteiger charge is 2.21. The van der Waals surface area contributed by atoms with Crippen molar-refractivity contribution in [3.05, 3.63) is 23.3 Å². The van der Waals surface area contributed by atoms with Crippen LogP contribution >= 0.6 is 0 Å². The van der Waals surface area contributed by atoms with Crippen LogP contribution in [-0.4, -0.2) is 16.3 Å². The number of hydrogen-bond donors (Lipinski definition) is 0. The zero-order valence-corrected chi connectivity index (χ0v) is 10.6. The number of carbonyl (C=O) groups is 1. The first-order valence-electron chi connectivity index (χ1n) is 6.58. The van der Waals surface area contributed by atoms with E-state index in [1.165, 1.54) is 11.3 Å². The average Bonchev–Trinajstić information content (AvgIpc) is 2.39. The Morgan fingerprint density at radius 2 is 2.24 bits per heavy atom. The second kappa shape index (κ2) is 5.39. The minimum atomic E-state index is 0.171. The van der Waals surface area contributed by atoms with Gasteiger partial charge in [0.25, 0.3) is 0 Å². The zero-order chi connectivity index (χ0) is 12.3. The number of hydrogen-bond acceptors (Lipinski definition) is 3. The van der Waals surface area contributed by atoms with Crippen LogP contribution in [0, 0.1) is 5.92 Å². The lowest BCUT2D eigenvalue weighted by molar-refractivity contribution is -0.111. The van der Waals surface area contributed by atoms with Gasteiger partial charge in [-0.1, -0.05) is 13.8 Å². The molecule has 0 aliphatic heterocycles. The van der Waals surface area contributed by atoms with Crippen LogP contribution in [-0.2, 0) is 17.6 Å². The van der Waals surface area contributed by atoms with E-state index >= 15 is 0 Å². The summed E-state index contributed by atoms with van der Waals surface area (Å²) < 4.78 is 0. The number of rotatable bonds is 4. The van der Waals surface area contributed by atoms with Gasteiger partial charge in [-0.15, -0.1) is 0 Å². The van der Waals surface area contributed by atoms with Gasteiger partial charge >= 0.3 is 0 Å². The highest BCUT2D eigenvalue weighted by molar-refractivity contribution is 5.55. The number of aldehydes is 1. The van der Waals surface area contributed by atoms with Crippen molar-refractivity contribution >= 4 is 6.29 Å². The SMILES string of the molecule is CCC(CC)c1ncc2c(n1)CCC(C=O)C2. The summed E-state index contributed by atoms with van der Waals surface area (Å²) in [7, 11) is 0.